The first kappa shape index (κ1) is 12.6. The summed E-state index contributed by atoms with van der Waals surface area (Å²) in [5.74, 6) is 0.923. The van der Waals surface area contributed by atoms with E-state index in [-0.39, 0.29) is 6.04 Å². The molecular weight excluding hydrogens is 208 g/mol. The van der Waals surface area contributed by atoms with Crippen molar-refractivity contribution >= 4 is 0 Å². The molecule has 1 heterocycles. The molecule has 17 heavy (non-hydrogen) atoms. The third kappa shape index (κ3) is 3.53. The Kier molecular flexibility index (Phi) is 4.55. The molecule has 1 aromatic rings. The predicted molar refractivity (Wildman–Crippen MR) is 71.7 cm³/mol. The number of aromatic nitrogens is 1. The molecule has 0 saturated heterocycles. The summed E-state index contributed by atoms with van der Waals surface area (Å²) >= 11 is 0. The van der Waals surface area contributed by atoms with Gasteiger partial charge in [-0.05, 0) is 42.9 Å². The molecule has 0 amide bonds. The molecule has 94 valence electrons. The van der Waals surface area contributed by atoms with Crippen LogP contribution in [0.25, 0.3) is 0 Å². The Hall–Kier alpha value is -0.890. The average Bonchev–Trinajstić information content (AvgIpc) is 2.38. The molecule has 1 saturated carbocycles. The minimum Gasteiger partial charge on any atom is -0.324 e. The van der Waals surface area contributed by atoms with Gasteiger partial charge >= 0.3 is 0 Å². The summed E-state index contributed by atoms with van der Waals surface area (Å²) < 4.78 is 0. The van der Waals surface area contributed by atoms with Crippen molar-refractivity contribution in [2.75, 3.05) is 0 Å². The van der Waals surface area contributed by atoms with Crippen molar-refractivity contribution in [1.29, 1.82) is 0 Å². The van der Waals surface area contributed by atoms with Crippen molar-refractivity contribution in [3.05, 3.63) is 29.6 Å². The van der Waals surface area contributed by atoms with Gasteiger partial charge in [-0.25, -0.2) is 0 Å². The van der Waals surface area contributed by atoms with E-state index in [0.29, 0.717) is 0 Å². The molecule has 1 aromatic heterocycles. The summed E-state index contributed by atoms with van der Waals surface area (Å²) in [4.78, 5) is 4.18. The summed E-state index contributed by atoms with van der Waals surface area (Å²) in [5, 5.41) is 0. The molecule has 1 unspecified atom stereocenters. The SMILES string of the molecule is Cc1ccncc1C(N)CCC1CCCCC1. The van der Waals surface area contributed by atoms with Gasteiger partial charge in [-0.2, -0.15) is 0 Å². The number of rotatable bonds is 4. The fourth-order valence-electron chi connectivity index (χ4n) is 2.91. The van der Waals surface area contributed by atoms with E-state index >= 15 is 0 Å². The Balaban J connectivity index is 1.84. The highest BCUT2D eigenvalue weighted by molar-refractivity contribution is 5.24. The van der Waals surface area contributed by atoms with E-state index in [9.17, 15) is 0 Å². The van der Waals surface area contributed by atoms with E-state index in [0.717, 1.165) is 12.3 Å². The minimum atomic E-state index is 0.172. The van der Waals surface area contributed by atoms with Crippen LogP contribution in [-0.4, -0.2) is 4.98 Å². The zero-order chi connectivity index (χ0) is 12.1. The summed E-state index contributed by atoms with van der Waals surface area (Å²) in [5.41, 5.74) is 8.77. The van der Waals surface area contributed by atoms with Gasteiger partial charge < -0.3 is 5.73 Å². The van der Waals surface area contributed by atoms with Crippen molar-refractivity contribution in [3.8, 4) is 0 Å². The molecule has 0 bridgehead atoms. The van der Waals surface area contributed by atoms with Gasteiger partial charge in [0.1, 0.15) is 0 Å². The number of pyridine rings is 1. The fourth-order valence-corrected chi connectivity index (χ4v) is 2.91. The Morgan fingerprint density at radius 1 is 1.35 bits per heavy atom. The topological polar surface area (TPSA) is 38.9 Å². The van der Waals surface area contributed by atoms with E-state index in [2.05, 4.69) is 18.0 Å². The van der Waals surface area contributed by atoms with E-state index in [1.165, 1.54) is 49.7 Å². The second-order valence-corrected chi connectivity index (χ2v) is 5.42. The van der Waals surface area contributed by atoms with Crippen molar-refractivity contribution < 1.29 is 0 Å². The second-order valence-electron chi connectivity index (χ2n) is 5.42. The van der Waals surface area contributed by atoms with Crippen LogP contribution in [0.1, 0.15) is 62.1 Å². The van der Waals surface area contributed by atoms with Crippen LogP contribution in [0.3, 0.4) is 0 Å². The van der Waals surface area contributed by atoms with Crippen LogP contribution in [0.5, 0.6) is 0 Å². The lowest BCUT2D eigenvalue weighted by Gasteiger charge is -2.23. The van der Waals surface area contributed by atoms with Crippen LogP contribution >= 0.6 is 0 Å². The highest BCUT2D eigenvalue weighted by Crippen LogP contribution is 2.30. The van der Waals surface area contributed by atoms with Crippen molar-refractivity contribution in [3.63, 3.8) is 0 Å². The summed E-state index contributed by atoms with van der Waals surface area (Å²) in [6.07, 6.45) is 13.3. The number of nitrogens with zero attached hydrogens (tertiary/aromatic N) is 1. The molecule has 1 aliphatic rings. The smallest absolute Gasteiger partial charge is 0.0318 e. The summed E-state index contributed by atoms with van der Waals surface area (Å²) in [6.45, 7) is 2.12. The molecule has 1 aliphatic carbocycles. The molecule has 0 spiro atoms. The fraction of sp³-hybridized carbons (Fsp3) is 0.667. The van der Waals surface area contributed by atoms with E-state index in [4.69, 9.17) is 5.73 Å². The molecule has 0 aromatic carbocycles. The zero-order valence-electron chi connectivity index (χ0n) is 10.9. The maximum Gasteiger partial charge on any atom is 0.0318 e. The number of hydrogen-bond donors (Lipinski definition) is 1. The molecule has 0 radical (unpaired) electrons. The molecule has 1 atom stereocenters. The quantitative estimate of drug-likeness (QED) is 0.858. The van der Waals surface area contributed by atoms with Crippen molar-refractivity contribution in [1.82, 2.24) is 4.98 Å². The van der Waals surface area contributed by atoms with Crippen LogP contribution in [-0.2, 0) is 0 Å². The first-order chi connectivity index (χ1) is 8.27. The van der Waals surface area contributed by atoms with E-state index < -0.39 is 0 Å². The van der Waals surface area contributed by atoms with Crippen LogP contribution in [0.15, 0.2) is 18.5 Å². The van der Waals surface area contributed by atoms with Gasteiger partial charge in [-0.15, -0.1) is 0 Å². The third-order valence-electron chi connectivity index (χ3n) is 4.09. The van der Waals surface area contributed by atoms with Crippen LogP contribution < -0.4 is 5.73 Å². The molecule has 2 rings (SSSR count). The van der Waals surface area contributed by atoms with Crippen LogP contribution in [0.2, 0.25) is 0 Å². The Morgan fingerprint density at radius 2 is 2.12 bits per heavy atom. The van der Waals surface area contributed by atoms with Gasteiger partial charge in [0.2, 0.25) is 0 Å². The maximum absolute atomic E-state index is 6.27. The first-order valence-electron chi connectivity index (χ1n) is 6.93. The molecular formula is C15H24N2. The molecule has 2 heteroatoms. The number of hydrogen-bond acceptors (Lipinski definition) is 2. The van der Waals surface area contributed by atoms with Crippen LogP contribution in [0.4, 0.5) is 0 Å². The predicted octanol–water partition coefficient (Wildman–Crippen LogP) is 3.75. The van der Waals surface area contributed by atoms with Crippen molar-refractivity contribution in [2.24, 2.45) is 11.7 Å². The summed E-state index contributed by atoms with van der Waals surface area (Å²) in [7, 11) is 0. The standard InChI is InChI=1S/C15H24N2/c1-12-9-10-17-11-14(12)15(16)8-7-13-5-3-2-4-6-13/h9-11,13,15H,2-8,16H2,1H3. The first-order valence-corrected chi connectivity index (χ1v) is 6.93. The van der Waals surface area contributed by atoms with Gasteiger partial charge in [0, 0.05) is 18.4 Å². The molecule has 2 N–H and O–H groups in total. The van der Waals surface area contributed by atoms with E-state index in [1.807, 2.05) is 12.4 Å². The lowest BCUT2D eigenvalue weighted by molar-refractivity contribution is 0.324. The Labute approximate surface area is 105 Å². The van der Waals surface area contributed by atoms with Gasteiger partial charge in [0.15, 0.2) is 0 Å². The number of aryl methyl sites for hydroxylation is 1. The largest absolute Gasteiger partial charge is 0.324 e. The zero-order valence-corrected chi connectivity index (χ0v) is 10.9. The minimum absolute atomic E-state index is 0.172. The monoisotopic (exact) mass is 232 g/mol. The third-order valence-corrected chi connectivity index (χ3v) is 4.09. The lowest BCUT2D eigenvalue weighted by Crippen LogP contribution is -2.15. The summed E-state index contributed by atoms with van der Waals surface area (Å²) in [6, 6.07) is 2.22. The Morgan fingerprint density at radius 3 is 2.82 bits per heavy atom. The van der Waals surface area contributed by atoms with Gasteiger partial charge in [-0.1, -0.05) is 32.1 Å². The second kappa shape index (κ2) is 6.15. The van der Waals surface area contributed by atoms with Crippen molar-refractivity contribution in [2.45, 2.75) is 57.9 Å². The van der Waals surface area contributed by atoms with E-state index in [1.54, 1.807) is 0 Å². The molecule has 2 nitrogen and oxygen atoms in total. The maximum atomic E-state index is 6.27. The highest BCUT2D eigenvalue weighted by atomic mass is 14.7. The number of nitrogens with two attached hydrogens (primary N) is 1. The highest BCUT2D eigenvalue weighted by Gasteiger charge is 2.16. The van der Waals surface area contributed by atoms with Gasteiger partial charge in [0.25, 0.3) is 0 Å². The van der Waals surface area contributed by atoms with Gasteiger partial charge in [0.05, 0.1) is 0 Å². The molecule has 1 fully saturated rings. The molecule has 0 aliphatic heterocycles. The Bertz CT molecular complexity index is 343. The average molecular weight is 232 g/mol. The van der Waals surface area contributed by atoms with Gasteiger partial charge in [-0.3, -0.25) is 4.98 Å². The lowest BCUT2D eigenvalue weighted by atomic mass is 9.84. The normalized spacial score (nSPS) is 19.2. The van der Waals surface area contributed by atoms with Crippen LogP contribution in [0, 0.1) is 12.8 Å².